The molecular weight excluding hydrogens is 405 g/mol. The predicted octanol–water partition coefficient (Wildman–Crippen LogP) is 5.01. The Morgan fingerprint density at radius 3 is 2.55 bits per heavy atom. The maximum Gasteiger partial charge on any atom is 0.417 e. The SMILES string of the molecule is NC(=O)CCC/C=C(/c1ccc(C2CC2)c(=O)[nH]1)c1ccc(Cl)cc1C(F)(F)F. The Balaban J connectivity index is 2.07. The van der Waals surface area contributed by atoms with Crippen LogP contribution < -0.4 is 11.3 Å². The first-order chi connectivity index (χ1) is 13.7. The number of benzene rings is 1. The standard InChI is InChI=1S/C21H20ClF3N2O2/c22-13-7-8-15(17(11-13)21(23,24)25)16(3-1-2-4-19(26)28)18-10-9-14(12-5-6-12)20(29)27-18/h3,7-12H,1-2,4-6H2,(H2,26,28)(H,27,29)/b16-3+. The van der Waals surface area contributed by atoms with Gasteiger partial charge < -0.3 is 10.7 Å². The summed E-state index contributed by atoms with van der Waals surface area (Å²) >= 11 is 5.79. The number of nitrogens with one attached hydrogen (secondary N) is 1. The molecule has 3 rings (SSSR count). The molecule has 29 heavy (non-hydrogen) atoms. The number of carbonyl (C=O) groups excluding carboxylic acids is 1. The summed E-state index contributed by atoms with van der Waals surface area (Å²) in [5.41, 5.74) is 5.02. The third-order valence-corrected chi connectivity index (χ3v) is 5.04. The van der Waals surface area contributed by atoms with E-state index in [1.54, 1.807) is 18.2 Å². The first kappa shape index (κ1) is 21.2. The molecule has 1 fully saturated rings. The largest absolute Gasteiger partial charge is 0.417 e. The average Bonchev–Trinajstić information content (AvgIpc) is 3.46. The second-order valence-corrected chi connectivity index (χ2v) is 7.53. The minimum Gasteiger partial charge on any atom is -0.370 e. The molecule has 1 aromatic carbocycles. The smallest absolute Gasteiger partial charge is 0.370 e. The molecule has 2 aromatic rings. The lowest BCUT2D eigenvalue weighted by molar-refractivity contribution is -0.137. The maximum absolute atomic E-state index is 13.6. The summed E-state index contributed by atoms with van der Waals surface area (Å²) in [7, 11) is 0. The second kappa shape index (κ2) is 8.45. The van der Waals surface area contributed by atoms with Crippen molar-refractivity contribution >= 4 is 23.1 Å². The van der Waals surface area contributed by atoms with E-state index in [9.17, 15) is 22.8 Å². The second-order valence-electron chi connectivity index (χ2n) is 7.09. The summed E-state index contributed by atoms with van der Waals surface area (Å²) in [6.45, 7) is 0. The fourth-order valence-electron chi connectivity index (χ4n) is 3.23. The van der Waals surface area contributed by atoms with Crippen molar-refractivity contribution in [2.75, 3.05) is 0 Å². The normalized spacial score (nSPS) is 14.8. The van der Waals surface area contributed by atoms with Crippen molar-refractivity contribution in [1.82, 2.24) is 4.98 Å². The van der Waals surface area contributed by atoms with Gasteiger partial charge >= 0.3 is 6.18 Å². The Bertz CT molecular complexity index is 1010. The molecule has 0 unspecified atom stereocenters. The molecule has 0 aliphatic heterocycles. The lowest BCUT2D eigenvalue weighted by Crippen LogP contribution is -2.15. The molecule has 0 atom stereocenters. The Morgan fingerprint density at radius 1 is 1.24 bits per heavy atom. The molecule has 1 amide bonds. The number of aromatic nitrogens is 1. The highest BCUT2D eigenvalue weighted by Gasteiger charge is 2.35. The van der Waals surface area contributed by atoms with Crippen molar-refractivity contribution in [1.29, 1.82) is 0 Å². The average molecular weight is 425 g/mol. The molecule has 1 saturated carbocycles. The molecule has 154 valence electrons. The van der Waals surface area contributed by atoms with Gasteiger partial charge in [-0.15, -0.1) is 0 Å². The van der Waals surface area contributed by atoms with E-state index in [0.29, 0.717) is 18.4 Å². The number of rotatable bonds is 7. The van der Waals surface area contributed by atoms with Crippen molar-refractivity contribution < 1.29 is 18.0 Å². The van der Waals surface area contributed by atoms with Gasteiger partial charge in [0.15, 0.2) is 0 Å². The number of pyridine rings is 1. The zero-order valence-electron chi connectivity index (χ0n) is 15.5. The number of halogens is 4. The zero-order chi connectivity index (χ0) is 21.2. The van der Waals surface area contributed by atoms with Crippen molar-refractivity contribution in [3.63, 3.8) is 0 Å². The highest BCUT2D eigenvalue weighted by molar-refractivity contribution is 6.30. The molecule has 1 aliphatic rings. The molecule has 0 saturated heterocycles. The van der Waals surface area contributed by atoms with Crippen LogP contribution in [-0.2, 0) is 11.0 Å². The number of allylic oxidation sites excluding steroid dienone is 1. The maximum atomic E-state index is 13.6. The fourth-order valence-corrected chi connectivity index (χ4v) is 3.40. The Labute approximate surface area is 170 Å². The number of nitrogens with two attached hydrogens (primary N) is 1. The van der Waals surface area contributed by atoms with Crippen molar-refractivity contribution in [2.24, 2.45) is 5.73 Å². The Hall–Kier alpha value is -2.54. The van der Waals surface area contributed by atoms with E-state index < -0.39 is 17.6 Å². The van der Waals surface area contributed by atoms with Gasteiger partial charge in [-0.3, -0.25) is 9.59 Å². The number of alkyl halides is 3. The molecule has 0 radical (unpaired) electrons. The van der Waals surface area contributed by atoms with Crippen LogP contribution in [0, 0.1) is 0 Å². The van der Waals surface area contributed by atoms with Crippen LogP contribution in [0.4, 0.5) is 13.2 Å². The molecule has 3 N–H and O–H groups in total. The highest BCUT2D eigenvalue weighted by Crippen LogP contribution is 2.40. The van der Waals surface area contributed by atoms with Crippen LogP contribution in [0.25, 0.3) is 5.57 Å². The summed E-state index contributed by atoms with van der Waals surface area (Å²) in [5, 5.41) is -0.0354. The van der Waals surface area contributed by atoms with Gasteiger partial charge in [0.2, 0.25) is 5.91 Å². The van der Waals surface area contributed by atoms with Gasteiger partial charge in [0.25, 0.3) is 5.56 Å². The van der Waals surface area contributed by atoms with E-state index in [2.05, 4.69) is 4.98 Å². The summed E-state index contributed by atoms with van der Waals surface area (Å²) in [6, 6.07) is 6.83. The van der Waals surface area contributed by atoms with E-state index in [0.717, 1.165) is 18.9 Å². The molecular formula is C21H20ClF3N2O2. The minimum atomic E-state index is -4.62. The highest BCUT2D eigenvalue weighted by atomic mass is 35.5. The van der Waals surface area contributed by atoms with Gasteiger partial charge in [0.05, 0.1) is 5.56 Å². The van der Waals surface area contributed by atoms with E-state index >= 15 is 0 Å². The summed E-state index contributed by atoms with van der Waals surface area (Å²) in [6.07, 6.45) is -0.331. The predicted molar refractivity (Wildman–Crippen MR) is 106 cm³/mol. The molecule has 8 heteroatoms. The van der Waals surface area contributed by atoms with Crippen molar-refractivity contribution in [3.8, 4) is 0 Å². The number of amides is 1. The Morgan fingerprint density at radius 2 is 1.97 bits per heavy atom. The lowest BCUT2D eigenvalue weighted by atomic mass is 9.94. The van der Waals surface area contributed by atoms with E-state index in [4.69, 9.17) is 17.3 Å². The van der Waals surface area contributed by atoms with E-state index in [-0.39, 0.29) is 39.8 Å². The quantitative estimate of drug-likeness (QED) is 0.613. The molecule has 4 nitrogen and oxygen atoms in total. The van der Waals surface area contributed by atoms with Crippen LogP contribution >= 0.6 is 11.6 Å². The first-order valence-electron chi connectivity index (χ1n) is 9.26. The summed E-state index contributed by atoms with van der Waals surface area (Å²) < 4.78 is 40.9. The van der Waals surface area contributed by atoms with E-state index in [1.807, 2.05) is 0 Å². The molecule has 1 aromatic heterocycles. The Kier molecular flexibility index (Phi) is 6.17. The van der Waals surface area contributed by atoms with Crippen LogP contribution in [0.15, 0.2) is 41.2 Å². The van der Waals surface area contributed by atoms with Gasteiger partial charge in [0.1, 0.15) is 0 Å². The number of unbranched alkanes of at least 4 members (excludes halogenated alkanes) is 1. The molecule has 0 spiro atoms. The third kappa shape index (κ3) is 5.29. The number of H-pyrrole nitrogens is 1. The molecule has 0 bridgehead atoms. The van der Waals surface area contributed by atoms with Crippen LogP contribution in [0.2, 0.25) is 5.02 Å². The number of primary amides is 1. The number of aromatic amines is 1. The number of carbonyl (C=O) groups is 1. The number of hydrogen-bond donors (Lipinski definition) is 2. The number of hydrogen-bond acceptors (Lipinski definition) is 2. The summed E-state index contributed by atoms with van der Waals surface area (Å²) in [5.74, 6) is -0.262. The van der Waals surface area contributed by atoms with E-state index in [1.165, 1.54) is 12.1 Å². The van der Waals surface area contributed by atoms with Gasteiger partial charge in [-0.05, 0) is 55.4 Å². The van der Waals surface area contributed by atoms with Gasteiger partial charge in [0, 0.05) is 28.3 Å². The topological polar surface area (TPSA) is 76.0 Å². The minimum absolute atomic E-state index is 0.0354. The van der Waals surface area contributed by atoms with Crippen LogP contribution in [-0.4, -0.2) is 10.9 Å². The zero-order valence-corrected chi connectivity index (χ0v) is 16.2. The molecule has 1 heterocycles. The monoisotopic (exact) mass is 424 g/mol. The summed E-state index contributed by atoms with van der Waals surface area (Å²) in [4.78, 5) is 26.1. The lowest BCUT2D eigenvalue weighted by Gasteiger charge is -2.17. The van der Waals surface area contributed by atoms with Gasteiger partial charge in [-0.2, -0.15) is 13.2 Å². The van der Waals surface area contributed by atoms with Gasteiger partial charge in [-0.1, -0.05) is 29.8 Å². The van der Waals surface area contributed by atoms with Crippen LogP contribution in [0.5, 0.6) is 0 Å². The molecule has 1 aliphatic carbocycles. The van der Waals surface area contributed by atoms with Crippen LogP contribution in [0.3, 0.4) is 0 Å². The van der Waals surface area contributed by atoms with Gasteiger partial charge in [-0.25, -0.2) is 0 Å². The third-order valence-electron chi connectivity index (χ3n) is 4.80. The first-order valence-corrected chi connectivity index (χ1v) is 9.64. The van der Waals surface area contributed by atoms with Crippen molar-refractivity contribution in [3.05, 3.63) is 74.2 Å². The van der Waals surface area contributed by atoms with Crippen LogP contribution in [0.1, 0.15) is 60.4 Å². The van der Waals surface area contributed by atoms with Crippen molar-refractivity contribution in [2.45, 2.75) is 44.2 Å². The fraction of sp³-hybridized carbons (Fsp3) is 0.333.